The van der Waals surface area contributed by atoms with Gasteiger partial charge in [0.2, 0.25) is 0 Å². The minimum absolute atomic E-state index is 0.126. The fourth-order valence-electron chi connectivity index (χ4n) is 4.62. The Balaban J connectivity index is 3.13. The number of halogens is 1. The van der Waals surface area contributed by atoms with E-state index in [1.165, 1.54) is 83.5 Å². The molecule has 0 fully saturated rings. The third kappa shape index (κ3) is 43.6. The van der Waals surface area contributed by atoms with Gasteiger partial charge in [-0.3, -0.25) is 4.79 Å². The zero-order chi connectivity index (χ0) is 34.0. The van der Waals surface area contributed by atoms with Crippen molar-refractivity contribution < 1.29 is 47.4 Å². The predicted molar refractivity (Wildman–Crippen MR) is 191 cm³/mol. The summed E-state index contributed by atoms with van der Waals surface area (Å²) in [5, 5.41) is 0.838. The second-order valence-corrected chi connectivity index (χ2v) is 12.3. The van der Waals surface area contributed by atoms with Crippen LogP contribution in [0.3, 0.4) is 0 Å². The fourth-order valence-corrected chi connectivity index (χ4v) is 4.85. The Morgan fingerprint density at radius 2 is 0.617 bits per heavy atom. The second kappa shape index (κ2) is 43.7. The molecule has 0 N–H and O–H groups in total. The molecule has 47 heavy (non-hydrogen) atoms. The van der Waals surface area contributed by atoms with Crippen LogP contribution in [0.5, 0.6) is 0 Å². The van der Waals surface area contributed by atoms with Crippen molar-refractivity contribution >= 4 is 21.9 Å². The lowest BCUT2D eigenvalue weighted by Crippen LogP contribution is -2.15. The van der Waals surface area contributed by atoms with Gasteiger partial charge in [-0.05, 0) is 6.42 Å². The van der Waals surface area contributed by atoms with Crippen molar-refractivity contribution in [3.63, 3.8) is 0 Å². The molecular weight excluding hydrogens is 672 g/mol. The number of ether oxygens (including phenoxy) is 9. The molecule has 0 spiro atoms. The van der Waals surface area contributed by atoms with E-state index >= 15 is 0 Å². The van der Waals surface area contributed by atoms with Gasteiger partial charge in [-0.25, -0.2) is 0 Å². The maximum atomic E-state index is 11.9. The van der Waals surface area contributed by atoms with Crippen LogP contribution in [0.1, 0.15) is 110 Å². The maximum absolute atomic E-state index is 11.9. The van der Waals surface area contributed by atoms with Gasteiger partial charge in [0.05, 0.1) is 106 Å². The van der Waals surface area contributed by atoms with Crippen LogP contribution in [-0.4, -0.2) is 124 Å². The Morgan fingerprint density at radius 1 is 0.362 bits per heavy atom. The normalized spacial score (nSPS) is 11.4. The van der Waals surface area contributed by atoms with Gasteiger partial charge in [-0.2, -0.15) is 0 Å². The molecule has 0 aromatic carbocycles. The number of rotatable bonds is 42. The third-order valence-corrected chi connectivity index (χ3v) is 7.62. The summed E-state index contributed by atoms with van der Waals surface area (Å²) in [5.74, 6) is -0.126. The van der Waals surface area contributed by atoms with Crippen LogP contribution < -0.4 is 0 Å². The van der Waals surface area contributed by atoms with Crippen LogP contribution in [-0.2, 0) is 47.4 Å². The van der Waals surface area contributed by atoms with Gasteiger partial charge in [-0.15, -0.1) is 0 Å². The second-order valence-electron chi connectivity index (χ2n) is 11.5. The van der Waals surface area contributed by atoms with Crippen molar-refractivity contribution in [2.45, 2.75) is 110 Å². The first-order valence-corrected chi connectivity index (χ1v) is 19.8. The molecule has 11 heteroatoms. The Labute approximate surface area is 296 Å². The van der Waals surface area contributed by atoms with Crippen molar-refractivity contribution in [1.29, 1.82) is 0 Å². The Kier molecular flexibility index (Phi) is 43.3. The molecule has 0 radical (unpaired) electrons. The number of hydrogen-bond acceptors (Lipinski definition) is 10. The molecule has 0 amide bonds. The first-order chi connectivity index (χ1) is 23.3. The van der Waals surface area contributed by atoms with E-state index in [0.29, 0.717) is 119 Å². The highest BCUT2D eigenvalue weighted by atomic mass is 79.9. The minimum atomic E-state index is -0.126. The van der Waals surface area contributed by atoms with Crippen LogP contribution in [0, 0.1) is 0 Å². The molecule has 0 unspecified atom stereocenters. The van der Waals surface area contributed by atoms with Crippen molar-refractivity contribution in [3.05, 3.63) is 0 Å². The maximum Gasteiger partial charge on any atom is 0.305 e. The van der Waals surface area contributed by atoms with Crippen molar-refractivity contribution in [3.8, 4) is 0 Å². The van der Waals surface area contributed by atoms with Crippen LogP contribution in [0.2, 0.25) is 0 Å². The van der Waals surface area contributed by atoms with Crippen molar-refractivity contribution in [2.75, 3.05) is 118 Å². The van der Waals surface area contributed by atoms with E-state index in [1.807, 2.05) is 0 Å². The van der Waals surface area contributed by atoms with E-state index in [2.05, 4.69) is 22.9 Å². The summed E-state index contributed by atoms with van der Waals surface area (Å²) < 4.78 is 48.8. The number of esters is 1. The average molecular weight is 744 g/mol. The van der Waals surface area contributed by atoms with E-state index in [0.717, 1.165) is 18.2 Å². The van der Waals surface area contributed by atoms with Gasteiger partial charge in [0.25, 0.3) is 0 Å². The number of carbonyl (C=O) groups excluding carboxylic acids is 1. The number of alkyl halides is 1. The average Bonchev–Trinajstić information content (AvgIpc) is 3.08. The number of hydrogen-bond donors (Lipinski definition) is 0. The lowest BCUT2D eigenvalue weighted by molar-refractivity contribution is -0.145. The van der Waals surface area contributed by atoms with Gasteiger partial charge < -0.3 is 42.6 Å². The molecular formula is C36H71BrO10. The van der Waals surface area contributed by atoms with Gasteiger partial charge in [0.1, 0.15) is 6.61 Å². The highest BCUT2D eigenvalue weighted by molar-refractivity contribution is 9.09. The molecule has 10 nitrogen and oxygen atoms in total. The van der Waals surface area contributed by atoms with Gasteiger partial charge in [0, 0.05) is 11.8 Å². The number of unbranched alkanes of at least 4 members (excludes halogenated alkanes) is 14. The van der Waals surface area contributed by atoms with Crippen LogP contribution in [0.25, 0.3) is 0 Å². The Bertz CT molecular complexity index is 588. The predicted octanol–water partition coefficient (Wildman–Crippen LogP) is 7.32. The summed E-state index contributed by atoms with van der Waals surface area (Å²) in [6.07, 6.45) is 20.3. The van der Waals surface area contributed by atoms with Crippen LogP contribution in [0.15, 0.2) is 0 Å². The third-order valence-electron chi connectivity index (χ3n) is 7.30. The van der Waals surface area contributed by atoms with E-state index in [4.69, 9.17) is 42.6 Å². The summed E-state index contributed by atoms with van der Waals surface area (Å²) >= 11 is 3.30. The molecule has 0 aliphatic carbocycles. The zero-order valence-corrected chi connectivity index (χ0v) is 31.6. The fraction of sp³-hybridized carbons (Fsp3) is 0.972. The molecule has 0 rings (SSSR count). The van der Waals surface area contributed by atoms with Crippen molar-refractivity contribution in [2.24, 2.45) is 0 Å². The van der Waals surface area contributed by atoms with Crippen molar-refractivity contribution in [1.82, 2.24) is 0 Å². The standard InChI is InChI=1S/C36H71BrO10/c1-2-3-4-5-6-7-8-9-10-11-12-13-14-15-16-17-36(38)47-35-34-46-33-32-45-31-30-44-29-28-43-27-26-42-25-24-41-23-22-40-21-20-39-19-18-37/h2-35H2,1H3. The zero-order valence-electron chi connectivity index (χ0n) is 30.0. The Hall–Kier alpha value is -0.370. The molecule has 0 saturated heterocycles. The monoisotopic (exact) mass is 742 g/mol. The topological polar surface area (TPSA) is 100 Å². The first-order valence-electron chi connectivity index (χ1n) is 18.6. The van der Waals surface area contributed by atoms with E-state index < -0.39 is 0 Å². The summed E-state index contributed by atoms with van der Waals surface area (Å²) in [6.45, 7) is 11.0. The molecule has 0 aromatic rings. The molecule has 0 bridgehead atoms. The lowest BCUT2D eigenvalue weighted by atomic mass is 10.0. The summed E-state index contributed by atoms with van der Waals surface area (Å²) in [4.78, 5) is 11.9. The van der Waals surface area contributed by atoms with Gasteiger partial charge in [-0.1, -0.05) is 113 Å². The SMILES string of the molecule is CCCCCCCCCCCCCCCCCC(=O)OCCOCCOCCOCCOCCOCCOCCOCCOCCBr. The minimum Gasteiger partial charge on any atom is -0.463 e. The largest absolute Gasteiger partial charge is 0.463 e. The highest BCUT2D eigenvalue weighted by Crippen LogP contribution is 2.13. The molecule has 282 valence electrons. The highest BCUT2D eigenvalue weighted by Gasteiger charge is 2.03. The van der Waals surface area contributed by atoms with Gasteiger partial charge in [0.15, 0.2) is 0 Å². The summed E-state index contributed by atoms with van der Waals surface area (Å²) in [7, 11) is 0. The summed E-state index contributed by atoms with van der Waals surface area (Å²) in [5.41, 5.74) is 0. The Morgan fingerprint density at radius 3 is 0.915 bits per heavy atom. The molecule has 0 aliphatic heterocycles. The summed E-state index contributed by atoms with van der Waals surface area (Å²) in [6, 6.07) is 0. The van der Waals surface area contributed by atoms with Crippen LogP contribution >= 0.6 is 15.9 Å². The first kappa shape index (κ1) is 46.6. The molecule has 0 aromatic heterocycles. The molecule has 0 atom stereocenters. The smallest absolute Gasteiger partial charge is 0.305 e. The lowest BCUT2D eigenvalue weighted by Gasteiger charge is -2.09. The molecule has 0 heterocycles. The van der Waals surface area contributed by atoms with Gasteiger partial charge >= 0.3 is 5.97 Å². The van der Waals surface area contributed by atoms with E-state index in [-0.39, 0.29) is 5.97 Å². The van der Waals surface area contributed by atoms with E-state index in [9.17, 15) is 4.79 Å². The number of carbonyl (C=O) groups is 1. The van der Waals surface area contributed by atoms with E-state index in [1.54, 1.807) is 0 Å². The molecule has 0 aliphatic rings. The van der Waals surface area contributed by atoms with Crippen LogP contribution in [0.4, 0.5) is 0 Å². The molecule has 0 saturated carbocycles. The quantitative estimate of drug-likeness (QED) is 0.0360.